The molecule has 0 atom stereocenters. The highest BCUT2D eigenvalue weighted by molar-refractivity contribution is 6.15. The third-order valence-corrected chi connectivity index (χ3v) is 13.4. The van der Waals surface area contributed by atoms with E-state index in [9.17, 15) is 0 Å². The van der Waals surface area contributed by atoms with Crippen molar-refractivity contribution in [2.24, 2.45) is 0 Å². The van der Waals surface area contributed by atoms with Gasteiger partial charge in [0, 0.05) is 27.5 Å². The van der Waals surface area contributed by atoms with Crippen molar-refractivity contribution in [1.82, 2.24) is 0 Å². The van der Waals surface area contributed by atoms with E-state index in [0.29, 0.717) is 0 Å². The molecule has 0 saturated heterocycles. The molecule has 0 aliphatic rings. The van der Waals surface area contributed by atoms with Gasteiger partial charge < -0.3 is 9.32 Å². The predicted octanol–water partition coefficient (Wildman–Crippen LogP) is 18.3. The molecule has 0 bridgehead atoms. The number of benzene rings is 12. The molecule has 0 saturated carbocycles. The van der Waals surface area contributed by atoms with Gasteiger partial charge in [-0.2, -0.15) is 0 Å². The van der Waals surface area contributed by atoms with Crippen molar-refractivity contribution in [2.75, 3.05) is 4.90 Å². The van der Waals surface area contributed by atoms with Gasteiger partial charge in [0.2, 0.25) is 0 Å². The first-order valence-electron chi connectivity index (χ1n) is 22.6. The van der Waals surface area contributed by atoms with Gasteiger partial charge in [-0.3, -0.25) is 0 Å². The summed E-state index contributed by atoms with van der Waals surface area (Å²) in [5.41, 5.74) is 14.6. The van der Waals surface area contributed by atoms with E-state index in [1.54, 1.807) is 0 Å². The molecule has 2 nitrogen and oxygen atoms in total. The second-order valence-electron chi connectivity index (χ2n) is 17.2. The zero-order chi connectivity index (χ0) is 43.6. The van der Waals surface area contributed by atoms with Crippen LogP contribution in [0.1, 0.15) is 0 Å². The highest BCUT2D eigenvalue weighted by Crippen LogP contribution is 2.45. The van der Waals surface area contributed by atoms with Crippen molar-refractivity contribution < 1.29 is 4.42 Å². The second-order valence-corrected chi connectivity index (χ2v) is 17.2. The molecule has 0 radical (unpaired) electrons. The molecule has 0 aliphatic heterocycles. The van der Waals surface area contributed by atoms with Gasteiger partial charge in [-0.15, -0.1) is 0 Å². The van der Waals surface area contributed by atoms with Gasteiger partial charge in [0.15, 0.2) is 0 Å². The van der Waals surface area contributed by atoms with Gasteiger partial charge in [-0.1, -0.05) is 194 Å². The summed E-state index contributed by atoms with van der Waals surface area (Å²) >= 11 is 0. The molecule has 0 N–H and O–H groups in total. The van der Waals surface area contributed by atoms with E-state index < -0.39 is 0 Å². The summed E-state index contributed by atoms with van der Waals surface area (Å²) in [6.07, 6.45) is 0. The topological polar surface area (TPSA) is 16.4 Å². The van der Waals surface area contributed by atoms with E-state index >= 15 is 0 Å². The monoisotopic (exact) mass is 839 g/mol. The van der Waals surface area contributed by atoms with Gasteiger partial charge in [0.25, 0.3) is 0 Å². The fourth-order valence-electron chi connectivity index (χ4n) is 10.2. The standard InChI is InChI=1S/C64H41NO/c1-2-13-48-39-51(26-25-42(48)11-1)56-37-31-46-12-3-6-16-55(46)64(56)47-29-35-53(36-30-47)65(61-40-50-14-4-5-15-54(50)57-17-7-8-18-58(57)61)52-33-27-44(28-34-52)43-21-23-45(24-22-43)49-32-38-60-59-19-9-10-20-62(59)66-63(60)41-49/h1-41H. The molecule has 0 unspecified atom stereocenters. The highest BCUT2D eigenvalue weighted by atomic mass is 16.3. The maximum atomic E-state index is 6.22. The lowest BCUT2D eigenvalue weighted by atomic mass is 9.89. The Balaban J connectivity index is 0.905. The van der Waals surface area contributed by atoms with Crippen LogP contribution in [0.2, 0.25) is 0 Å². The van der Waals surface area contributed by atoms with Crippen LogP contribution in [-0.4, -0.2) is 0 Å². The molecule has 0 amide bonds. The van der Waals surface area contributed by atoms with Crippen LogP contribution in [0.3, 0.4) is 0 Å². The number of hydrogen-bond donors (Lipinski definition) is 0. The van der Waals surface area contributed by atoms with Crippen molar-refractivity contribution in [3.63, 3.8) is 0 Å². The van der Waals surface area contributed by atoms with Crippen molar-refractivity contribution in [3.8, 4) is 44.5 Å². The van der Waals surface area contributed by atoms with E-state index in [1.807, 2.05) is 12.1 Å². The van der Waals surface area contributed by atoms with Crippen LogP contribution in [0.4, 0.5) is 17.1 Å². The number of fused-ring (bicyclic) bond motifs is 8. The normalized spacial score (nSPS) is 11.6. The van der Waals surface area contributed by atoms with E-state index in [1.165, 1.54) is 70.9 Å². The van der Waals surface area contributed by atoms with Gasteiger partial charge >= 0.3 is 0 Å². The lowest BCUT2D eigenvalue weighted by molar-refractivity contribution is 0.669. The van der Waals surface area contributed by atoms with Crippen LogP contribution < -0.4 is 4.90 Å². The van der Waals surface area contributed by atoms with Crippen molar-refractivity contribution >= 4 is 82.1 Å². The second kappa shape index (κ2) is 15.5. The highest BCUT2D eigenvalue weighted by Gasteiger charge is 2.19. The van der Waals surface area contributed by atoms with Crippen LogP contribution in [0.5, 0.6) is 0 Å². The largest absolute Gasteiger partial charge is 0.456 e. The molecule has 13 rings (SSSR count). The minimum absolute atomic E-state index is 0.908. The van der Waals surface area contributed by atoms with Gasteiger partial charge in [-0.05, 0) is 137 Å². The lowest BCUT2D eigenvalue weighted by Gasteiger charge is -2.28. The lowest BCUT2D eigenvalue weighted by Crippen LogP contribution is -2.10. The first kappa shape index (κ1) is 37.8. The van der Waals surface area contributed by atoms with Crippen LogP contribution in [0.15, 0.2) is 253 Å². The summed E-state index contributed by atoms with van der Waals surface area (Å²) in [4.78, 5) is 2.42. The molecule has 0 spiro atoms. The van der Waals surface area contributed by atoms with Gasteiger partial charge in [-0.25, -0.2) is 0 Å². The van der Waals surface area contributed by atoms with Crippen LogP contribution >= 0.6 is 0 Å². The molecule has 308 valence electrons. The molecule has 1 aromatic heterocycles. The van der Waals surface area contributed by atoms with Gasteiger partial charge in [0.1, 0.15) is 11.2 Å². The number of hydrogen-bond acceptors (Lipinski definition) is 2. The Morgan fingerprint density at radius 2 is 0.758 bits per heavy atom. The zero-order valence-corrected chi connectivity index (χ0v) is 36.0. The third-order valence-electron chi connectivity index (χ3n) is 13.4. The Morgan fingerprint density at radius 3 is 1.50 bits per heavy atom. The minimum atomic E-state index is 0.908. The molecule has 12 aromatic carbocycles. The summed E-state index contributed by atoms with van der Waals surface area (Å²) in [5.74, 6) is 0. The Kier molecular flexibility index (Phi) is 8.89. The van der Waals surface area contributed by atoms with Crippen molar-refractivity contribution in [2.45, 2.75) is 0 Å². The molecular formula is C64H41NO. The van der Waals surface area contributed by atoms with Crippen molar-refractivity contribution in [3.05, 3.63) is 249 Å². The number of nitrogens with zero attached hydrogens (tertiary/aromatic N) is 1. The molecule has 1 heterocycles. The first-order valence-corrected chi connectivity index (χ1v) is 22.6. The third kappa shape index (κ3) is 6.42. The minimum Gasteiger partial charge on any atom is -0.456 e. The first-order chi connectivity index (χ1) is 32.7. The summed E-state index contributed by atoms with van der Waals surface area (Å²) < 4.78 is 6.22. The van der Waals surface area contributed by atoms with E-state index in [4.69, 9.17) is 4.42 Å². The Bertz CT molecular complexity index is 3970. The number of anilines is 3. The van der Waals surface area contributed by atoms with E-state index in [2.05, 4.69) is 241 Å². The average molecular weight is 840 g/mol. The Labute approximate surface area is 382 Å². The number of furan rings is 1. The van der Waals surface area contributed by atoms with E-state index in [0.717, 1.165) is 55.7 Å². The molecule has 13 aromatic rings. The van der Waals surface area contributed by atoms with Crippen LogP contribution in [-0.2, 0) is 0 Å². The summed E-state index contributed by atoms with van der Waals surface area (Å²) in [6, 6.07) is 90.4. The quantitative estimate of drug-likeness (QED) is 0.149. The fourth-order valence-corrected chi connectivity index (χ4v) is 10.2. The maximum absolute atomic E-state index is 6.22. The predicted molar refractivity (Wildman–Crippen MR) is 280 cm³/mol. The molecule has 0 fully saturated rings. The molecular weight excluding hydrogens is 799 g/mol. The van der Waals surface area contributed by atoms with Crippen LogP contribution in [0.25, 0.3) is 110 Å². The average Bonchev–Trinajstić information content (AvgIpc) is 3.77. The Morgan fingerprint density at radius 1 is 0.258 bits per heavy atom. The smallest absolute Gasteiger partial charge is 0.136 e. The van der Waals surface area contributed by atoms with Gasteiger partial charge in [0.05, 0.1) is 5.69 Å². The molecule has 66 heavy (non-hydrogen) atoms. The Hall–Kier alpha value is -8.72. The zero-order valence-electron chi connectivity index (χ0n) is 36.0. The molecule has 0 aliphatic carbocycles. The van der Waals surface area contributed by atoms with E-state index in [-0.39, 0.29) is 0 Å². The number of para-hydroxylation sites is 1. The summed E-state index contributed by atoms with van der Waals surface area (Å²) in [6.45, 7) is 0. The van der Waals surface area contributed by atoms with Crippen LogP contribution in [0, 0.1) is 0 Å². The summed E-state index contributed by atoms with van der Waals surface area (Å²) in [7, 11) is 0. The number of rotatable bonds is 7. The summed E-state index contributed by atoms with van der Waals surface area (Å²) in [5, 5.41) is 12.1. The maximum Gasteiger partial charge on any atom is 0.136 e. The fraction of sp³-hybridized carbons (Fsp3) is 0. The van der Waals surface area contributed by atoms with Crippen molar-refractivity contribution in [1.29, 1.82) is 0 Å². The molecule has 2 heteroatoms. The SMILES string of the molecule is c1ccc2cc(-c3ccc4ccccc4c3-c3ccc(N(c4ccc(-c5ccc(-c6ccc7c(c6)oc6ccccc67)cc5)cc4)c4cc5ccccc5c5ccccc45)cc3)ccc2c1.